The summed E-state index contributed by atoms with van der Waals surface area (Å²) in [5.74, 6) is 2.28. The summed E-state index contributed by atoms with van der Waals surface area (Å²) in [7, 11) is 0. The molecule has 0 radical (unpaired) electrons. The Balaban J connectivity index is 1.26. The van der Waals surface area contributed by atoms with Gasteiger partial charge in [0.2, 0.25) is 5.88 Å². The highest BCUT2D eigenvalue weighted by Crippen LogP contribution is 2.30. The summed E-state index contributed by atoms with van der Waals surface area (Å²) < 4.78 is 6.06. The Labute approximate surface area is 204 Å². The number of amides is 1. The molecule has 0 atom stereocenters. The van der Waals surface area contributed by atoms with Crippen molar-refractivity contribution in [1.29, 1.82) is 0 Å². The van der Waals surface area contributed by atoms with Crippen molar-refractivity contribution in [3.05, 3.63) is 90.0 Å². The van der Waals surface area contributed by atoms with E-state index in [4.69, 9.17) is 9.72 Å². The number of para-hydroxylation sites is 1. The molecule has 1 amide bonds. The summed E-state index contributed by atoms with van der Waals surface area (Å²) >= 11 is 0. The summed E-state index contributed by atoms with van der Waals surface area (Å²) in [5, 5.41) is 0. The van der Waals surface area contributed by atoms with Crippen molar-refractivity contribution in [2.45, 2.75) is 32.6 Å². The number of piperidine rings is 1. The minimum Gasteiger partial charge on any atom is -0.439 e. The predicted molar refractivity (Wildman–Crippen MR) is 131 cm³/mol. The molecular formula is C27H26N6O2. The van der Waals surface area contributed by atoms with Crippen molar-refractivity contribution in [2.75, 3.05) is 13.1 Å². The molecule has 0 spiro atoms. The molecule has 176 valence electrons. The number of nitrogens with zero attached hydrogens (tertiary/aromatic N) is 6. The van der Waals surface area contributed by atoms with Crippen LogP contribution in [-0.4, -0.2) is 48.8 Å². The molecule has 35 heavy (non-hydrogen) atoms. The third-order valence-electron chi connectivity index (χ3n) is 6.17. The maximum atomic E-state index is 13.2. The normalized spacial score (nSPS) is 14.1. The molecule has 0 unspecified atom stereocenters. The smallest absolute Gasteiger partial charge is 0.253 e. The van der Waals surface area contributed by atoms with E-state index < -0.39 is 0 Å². The first kappa shape index (κ1) is 22.6. The zero-order valence-electron chi connectivity index (χ0n) is 19.8. The number of likely N-dealkylation sites (tertiary alicyclic amines) is 1. The van der Waals surface area contributed by atoms with E-state index in [-0.39, 0.29) is 11.8 Å². The van der Waals surface area contributed by atoms with Gasteiger partial charge < -0.3 is 9.64 Å². The maximum absolute atomic E-state index is 13.2. The highest BCUT2D eigenvalue weighted by Gasteiger charge is 2.27. The van der Waals surface area contributed by atoms with Crippen molar-refractivity contribution in [2.24, 2.45) is 0 Å². The number of rotatable bonds is 5. The van der Waals surface area contributed by atoms with Gasteiger partial charge in [-0.15, -0.1) is 0 Å². The fourth-order valence-electron chi connectivity index (χ4n) is 4.26. The van der Waals surface area contributed by atoms with Gasteiger partial charge in [-0.3, -0.25) is 9.78 Å². The minimum atomic E-state index is -0.00214. The first-order chi connectivity index (χ1) is 17.1. The summed E-state index contributed by atoms with van der Waals surface area (Å²) in [6.45, 7) is 5.24. The Kier molecular flexibility index (Phi) is 6.43. The number of ether oxygens (including phenoxy) is 1. The Hall–Kier alpha value is -4.20. The lowest BCUT2D eigenvalue weighted by Crippen LogP contribution is -2.38. The van der Waals surface area contributed by atoms with Crippen LogP contribution in [0.3, 0.4) is 0 Å². The van der Waals surface area contributed by atoms with Crippen molar-refractivity contribution in [3.8, 4) is 22.9 Å². The van der Waals surface area contributed by atoms with Gasteiger partial charge in [0.25, 0.3) is 5.91 Å². The van der Waals surface area contributed by atoms with E-state index in [1.165, 1.54) is 6.33 Å². The van der Waals surface area contributed by atoms with Gasteiger partial charge in [-0.25, -0.2) is 15.0 Å². The molecule has 1 fully saturated rings. The standard InChI is InChI=1S/C27H26N6O2/c1-18-5-3-4-6-24(18)35-25-13-19(2)31-26(32-25)20-8-11-33(12-9-20)27(34)21-7-10-30-23(14-21)22-15-28-17-29-16-22/h3-7,10,13-17,20H,8-9,11-12H2,1-2H3. The van der Waals surface area contributed by atoms with Crippen LogP contribution in [0.1, 0.15) is 46.2 Å². The molecule has 0 saturated carbocycles. The molecule has 1 aliphatic heterocycles. The number of carbonyl (C=O) groups excluding carboxylic acids is 1. The molecule has 8 nitrogen and oxygen atoms in total. The Morgan fingerprint density at radius 3 is 2.54 bits per heavy atom. The summed E-state index contributed by atoms with van der Waals surface area (Å²) in [6.07, 6.45) is 8.09. The van der Waals surface area contributed by atoms with Gasteiger partial charge in [0, 0.05) is 60.5 Å². The third-order valence-corrected chi connectivity index (χ3v) is 6.17. The fourth-order valence-corrected chi connectivity index (χ4v) is 4.26. The number of carbonyl (C=O) groups is 1. The van der Waals surface area contributed by atoms with Crippen LogP contribution in [0.25, 0.3) is 11.3 Å². The second-order valence-corrected chi connectivity index (χ2v) is 8.70. The van der Waals surface area contributed by atoms with Gasteiger partial charge in [-0.2, -0.15) is 4.98 Å². The Morgan fingerprint density at radius 2 is 1.77 bits per heavy atom. The summed E-state index contributed by atoms with van der Waals surface area (Å²) in [6, 6.07) is 13.3. The van der Waals surface area contributed by atoms with E-state index in [2.05, 4.69) is 19.9 Å². The number of aromatic nitrogens is 5. The lowest BCUT2D eigenvalue weighted by Gasteiger charge is -2.31. The average molecular weight is 467 g/mol. The maximum Gasteiger partial charge on any atom is 0.253 e. The van der Waals surface area contributed by atoms with Crippen LogP contribution in [0.4, 0.5) is 0 Å². The molecule has 4 aromatic rings. The van der Waals surface area contributed by atoms with Crippen LogP contribution in [0.5, 0.6) is 11.6 Å². The zero-order chi connectivity index (χ0) is 24.2. The van der Waals surface area contributed by atoms with Crippen molar-refractivity contribution in [1.82, 2.24) is 29.8 Å². The molecular weight excluding hydrogens is 440 g/mol. The number of benzene rings is 1. The lowest BCUT2D eigenvalue weighted by molar-refractivity contribution is 0.0710. The highest BCUT2D eigenvalue weighted by atomic mass is 16.5. The van der Waals surface area contributed by atoms with E-state index in [9.17, 15) is 4.79 Å². The van der Waals surface area contributed by atoms with Crippen LogP contribution in [0, 0.1) is 13.8 Å². The van der Waals surface area contributed by atoms with E-state index in [1.54, 1.807) is 30.7 Å². The van der Waals surface area contributed by atoms with E-state index in [0.717, 1.165) is 41.2 Å². The van der Waals surface area contributed by atoms with Crippen molar-refractivity contribution in [3.63, 3.8) is 0 Å². The summed E-state index contributed by atoms with van der Waals surface area (Å²) in [4.78, 5) is 36.9. The molecule has 0 aliphatic carbocycles. The van der Waals surface area contributed by atoms with Gasteiger partial charge >= 0.3 is 0 Å². The molecule has 4 heterocycles. The molecule has 1 saturated heterocycles. The minimum absolute atomic E-state index is 0.00214. The predicted octanol–water partition coefficient (Wildman–Crippen LogP) is 4.76. The van der Waals surface area contributed by atoms with Crippen LogP contribution in [0.2, 0.25) is 0 Å². The largest absolute Gasteiger partial charge is 0.439 e. The molecule has 8 heteroatoms. The topological polar surface area (TPSA) is 94.0 Å². The van der Waals surface area contributed by atoms with Crippen LogP contribution in [0.15, 0.2) is 67.4 Å². The molecule has 0 N–H and O–H groups in total. The molecule has 5 rings (SSSR count). The fraction of sp³-hybridized carbons (Fsp3) is 0.259. The quantitative estimate of drug-likeness (QED) is 0.419. The van der Waals surface area contributed by atoms with Crippen LogP contribution < -0.4 is 4.74 Å². The Morgan fingerprint density at radius 1 is 1.00 bits per heavy atom. The highest BCUT2D eigenvalue weighted by molar-refractivity contribution is 5.95. The number of pyridine rings is 1. The second-order valence-electron chi connectivity index (χ2n) is 8.70. The summed E-state index contributed by atoms with van der Waals surface area (Å²) in [5.41, 5.74) is 3.99. The van der Waals surface area contributed by atoms with E-state index in [0.29, 0.717) is 30.2 Å². The van der Waals surface area contributed by atoms with E-state index >= 15 is 0 Å². The monoisotopic (exact) mass is 466 g/mol. The van der Waals surface area contributed by atoms with Crippen molar-refractivity contribution >= 4 is 5.91 Å². The van der Waals surface area contributed by atoms with Crippen molar-refractivity contribution < 1.29 is 9.53 Å². The van der Waals surface area contributed by atoms with Gasteiger partial charge in [0.15, 0.2) is 0 Å². The number of hydrogen-bond acceptors (Lipinski definition) is 7. The average Bonchev–Trinajstić information content (AvgIpc) is 2.90. The van der Waals surface area contributed by atoms with Crippen LogP contribution in [-0.2, 0) is 0 Å². The zero-order valence-corrected chi connectivity index (χ0v) is 19.8. The van der Waals surface area contributed by atoms with E-state index in [1.807, 2.05) is 49.1 Å². The molecule has 1 aromatic carbocycles. The number of aryl methyl sites for hydroxylation is 2. The van der Waals surface area contributed by atoms with Gasteiger partial charge in [-0.1, -0.05) is 18.2 Å². The third kappa shape index (κ3) is 5.16. The first-order valence-corrected chi connectivity index (χ1v) is 11.7. The second kappa shape index (κ2) is 9.97. The number of hydrogen-bond donors (Lipinski definition) is 0. The van der Waals surface area contributed by atoms with Gasteiger partial charge in [-0.05, 0) is 50.5 Å². The molecule has 0 bridgehead atoms. The first-order valence-electron chi connectivity index (χ1n) is 11.7. The Bertz CT molecular complexity index is 1340. The lowest BCUT2D eigenvalue weighted by atomic mass is 9.95. The van der Waals surface area contributed by atoms with Gasteiger partial charge in [0.1, 0.15) is 17.9 Å². The SMILES string of the molecule is Cc1cc(Oc2ccccc2C)nc(C2CCN(C(=O)c3ccnc(-c4cncnc4)c3)CC2)n1. The van der Waals surface area contributed by atoms with Gasteiger partial charge in [0.05, 0.1) is 5.69 Å². The van der Waals surface area contributed by atoms with Crippen LogP contribution >= 0.6 is 0 Å². The molecule has 1 aliphatic rings. The molecule has 3 aromatic heterocycles.